The zero-order valence-corrected chi connectivity index (χ0v) is 11.4. The fourth-order valence-electron chi connectivity index (χ4n) is 2.40. The van der Waals surface area contributed by atoms with E-state index in [0.29, 0.717) is 17.7 Å². The second-order valence-electron chi connectivity index (χ2n) is 5.13. The summed E-state index contributed by atoms with van der Waals surface area (Å²) in [5.41, 5.74) is 1.48. The molecule has 2 N–H and O–H groups in total. The van der Waals surface area contributed by atoms with Gasteiger partial charge in [0.25, 0.3) is 0 Å². The normalized spacial score (nSPS) is 17.4. The Labute approximate surface area is 125 Å². The van der Waals surface area contributed by atoms with Crippen LogP contribution in [0, 0.1) is 0 Å². The number of hydrogen-bond donors (Lipinski definition) is 2. The fourth-order valence-corrected chi connectivity index (χ4v) is 2.40. The number of alkyl halides is 3. The third-order valence-electron chi connectivity index (χ3n) is 3.55. The van der Waals surface area contributed by atoms with Gasteiger partial charge in [0, 0.05) is 6.42 Å². The van der Waals surface area contributed by atoms with Crippen molar-refractivity contribution in [3.8, 4) is 0 Å². The van der Waals surface area contributed by atoms with Crippen molar-refractivity contribution >= 4 is 17.3 Å². The number of nitrogens with one attached hydrogen (secondary N) is 2. The number of fused-ring (bicyclic) bond motifs is 1. The Morgan fingerprint density at radius 2 is 1.59 bits per heavy atom. The van der Waals surface area contributed by atoms with E-state index in [9.17, 15) is 18.0 Å². The maximum Gasteiger partial charge on any atom is 0.416 e. The van der Waals surface area contributed by atoms with Crippen LogP contribution in [0.3, 0.4) is 0 Å². The van der Waals surface area contributed by atoms with E-state index in [1.165, 1.54) is 12.1 Å². The third-order valence-corrected chi connectivity index (χ3v) is 3.55. The lowest BCUT2D eigenvalue weighted by molar-refractivity contribution is -0.137. The summed E-state index contributed by atoms with van der Waals surface area (Å²) in [6.45, 7) is 0. The molecule has 2 aromatic carbocycles. The second-order valence-corrected chi connectivity index (χ2v) is 5.13. The first-order valence-electron chi connectivity index (χ1n) is 6.76. The maximum absolute atomic E-state index is 12.5. The number of rotatable bonds is 2. The van der Waals surface area contributed by atoms with Crippen molar-refractivity contribution in [2.75, 3.05) is 10.6 Å². The molecule has 0 bridgehead atoms. The first kappa shape index (κ1) is 14.4. The molecule has 2 aromatic rings. The van der Waals surface area contributed by atoms with Crippen LogP contribution in [0.15, 0.2) is 48.5 Å². The molecule has 114 valence electrons. The minimum atomic E-state index is -4.35. The zero-order valence-electron chi connectivity index (χ0n) is 11.4. The molecule has 0 aliphatic carbocycles. The van der Waals surface area contributed by atoms with Gasteiger partial charge in [-0.15, -0.1) is 0 Å². The maximum atomic E-state index is 12.5. The summed E-state index contributed by atoms with van der Waals surface area (Å²) in [5, 5.41) is 5.89. The van der Waals surface area contributed by atoms with Crippen molar-refractivity contribution in [3.63, 3.8) is 0 Å². The van der Waals surface area contributed by atoms with E-state index >= 15 is 0 Å². The van der Waals surface area contributed by atoms with Crippen molar-refractivity contribution in [2.24, 2.45) is 0 Å². The molecule has 0 unspecified atom stereocenters. The number of hydrogen-bond acceptors (Lipinski definition) is 2. The molecule has 3 rings (SSSR count). The summed E-state index contributed by atoms with van der Waals surface area (Å²) < 4.78 is 37.6. The molecule has 0 radical (unpaired) electrons. The van der Waals surface area contributed by atoms with Crippen LogP contribution in [0.2, 0.25) is 0 Å². The largest absolute Gasteiger partial charge is 0.416 e. The van der Waals surface area contributed by atoms with Crippen LogP contribution >= 0.6 is 0 Å². The number of anilines is 2. The van der Waals surface area contributed by atoms with Gasteiger partial charge in [0.1, 0.15) is 6.04 Å². The monoisotopic (exact) mass is 306 g/mol. The number of halogens is 3. The summed E-state index contributed by atoms with van der Waals surface area (Å²) in [6, 6.07) is 11.6. The second kappa shape index (κ2) is 5.36. The Morgan fingerprint density at radius 3 is 2.23 bits per heavy atom. The van der Waals surface area contributed by atoms with Gasteiger partial charge in [-0.2, -0.15) is 13.2 Å². The van der Waals surface area contributed by atoms with Crippen LogP contribution in [-0.4, -0.2) is 11.9 Å². The van der Waals surface area contributed by atoms with E-state index in [-0.39, 0.29) is 5.91 Å². The van der Waals surface area contributed by atoms with Crippen molar-refractivity contribution in [1.82, 2.24) is 0 Å². The lowest BCUT2D eigenvalue weighted by atomic mass is 10.0. The first-order valence-corrected chi connectivity index (χ1v) is 6.76. The minimum Gasteiger partial charge on any atom is -0.372 e. The van der Waals surface area contributed by atoms with Crippen LogP contribution in [0.25, 0.3) is 0 Å². The van der Waals surface area contributed by atoms with Crippen LogP contribution in [0.4, 0.5) is 24.5 Å². The zero-order chi connectivity index (χ0) is 15.7. The topological polar surface area (TPSA) is 41.1 Å². The Balaban J connectivity index is 1.75. The van der Waals surface area contributed by atoms with E-state index in [2.05, 4.69) is 10.6 Å². The molecule has 1 atom stereocenters. The Hall–Kier alpha value is -2.50. The Bertz CT molecular complexity index is 695. The SMILES string of the molecule is O=C1Nc2ccccc2N[C@@H]1Cc1ccc(C(F)(F)F)cc1. The molecule has 1 aliphatic heterocycles. The van der Waals surface area contributed by atoms with Crippen LogP contribution in [0.1, 0.15) is 11.1 Å². The van der Waals surface area contributed by atoms with Gasteiger partial charge in [-0.05, 0) is 29.8 Å². The van der Waals surface area contributed by atoms with E-state index in [0.717, 1.165) is 17.8 Å². The predicted molar refractivity (Wildman–Crippen MR) is 77.6 cm³/mol. The van der Waals surface area contributed by atoms with Gasteiger partial charge in [-0.3, -0.25) is 4.79 Å². The van der Waals surface area contributed by atoms with Crippen molar-refractivity contribution < 1.29 is 18.0 Å². The highest BCUT2D eigenvalue weighted by Crippen LogP contribution is 2.30. The molecular weight excluding hydrogens is 293 g/mol. The highest BCUT2D eigenvalue weighted by Gasteiger charge is 2.30. The van der Waals surface area contributed by atoms with Crippen molar-refractivity contribution in [1.29, 1.82) is 0 Å². The van der Waals surface area contributed by atoms with Gasteiger partial charge in [0.2, 0.25) is 5.91 Å². The van der Waals surface area contributed by atoms with E-state index in [1.54, 1.807) is 6.07 Å². The lowest BCUT2D eigenvalue weighted by Gasteiger charge is -2.26. The molecule has 22 heavy (non-hydrogen) atoms. The first-order chi connectivity index (χ1) is 10.4. The Morgan fingerprint density at radius 1 is 0.955 bits per heavy atom. The van der Waals surface area contributed by atoms with Crippen molar-refractivity contribution in [3.05, 3.63) is 59.7 Å². The van der Waals surface area contributed by atoms with Gasteiger partial charge in [-0.25, -0.2) is 0 Å². The molecule has 6 heteroatoms. The summed E-state index contributed by atoms with van der Waals surface area (Å²) in [6.07, 6.45) is -4.03. The molecule has 0 saturated heterocycles. The van der Waals surface area contributed by atoms with Gasteiger partial charge >= 0.3 is 6.18 Å². The third kappa shape index (κ3) is 2.90. The van der Waals surface area contributed by atoms with Crippen molar-refractivity contribution in [2.45, 2.75) is 18.6 Å². The number of benzene rings is 2. The van der Waals surface area contributed by atoms with Gasteiger partial charge in [0.05, 0.1) is 16.9 Å². The standard InChI is InChI=1S/C16H13F3N2O/c17-16(18,19)11-7-5-10(6-8-11)9-14-15(22)21-13-4-2-1-3-12(13)20-14/h1-8,14,20H,9H2,(H,21,22)/t14-/m1/s1. The average molecular weight is 306 g/mol. The highest BCUT2D eigenvalue weighted by molar-refractivity contribution is 6.03. The van der Waals surface area contributed by atoms with E-state index in [1.807, 2.05) is 18.2 Å². The molecule has 0 fully saturated rings. The summed E-state index contributed by atoms with van der Waals surface area (Å²) in [7, 11) is 0. The number of carbonyl (C=O) groups excluding carboxylic acids is 1. The molecule has 0 aromatic heterocycles. The lowest BCUT2D eigenvalue weighted by Crippen LogP contribution is -2.40. The summed E-state index contributed by atoms with van der Waals surface area (Å²) >= 11 is 0. The molecule has 1 amide bonds. The van der Waals surface area contributed by atoms with Gasteiger partial charge < -0.3 is 10.6 Å². The summed E-state index contributed by atoms with van der Waals surface area (Å²) in [5.74, 6) is -0.196. The molecular formula is C16H13F3N2O. The molecule has 0 spiro atoms. The molecule has 1 heterocycles. The smallest absolute Gasteiger partial charge is 0.372 e. The van der Waals surface area contributed by atoms with Gasteiger partial charge in [0.15, 0.2) is 0 Å². The van der Waals surface area contributed by atoms with Crippen LogP contribution in [-0.2, 0) is 17.4 Å². The van der Waals surface area contributed by atoms with Crippen LogP contribution in [0.5, 0.6) is 0 Å². The minimum absolute atomic E-state index is 0.196. The molecule has 0 saturated carbocycles. The number of carbonyl (C=O) groups is 1. The fraction of sp³-hybridized carbons (Fsp3) is 0.188. The van der Waals surface area contributed by atoms with Crippen LogP contribution < -0.4 is 10.6 Å². The van der Waals surface area contributed by atoms with E-state index in [4.69, 9.17) is 0 Å². The Kier molecular flexibility index (Phi) is 3.52. The quantitative estimate of drug-likeness (QED) is 0.888. The highest BCUT2D eigenvalue weighted by atomic mass is 19.4. The molecule has 1 aliphatic rings. The number of amides is 1. The number of para-hydroxylation sites is 2. The van der Waals surface area contributed by atoms with E-state index < -0.39 is 17.8 Å². The average Bonchev–Trinajstić information content (AvgIpc) is 2.48. The predicted octanol–water partition coefficient (Wildman–Crippen LogP) is 3.68. The summed E-state index contributed by atoms with van der Waals surface area (Å²) in [4.78, 5) is 12.0. The van der Waals surface area contributed by atoms with Gasteiger partial charge in [-0.1, -0.05) is 24.3 Å². The molecule has 3 nitrogen and oxygen atoms in total.